The molecular weight excluding hydrogens is 368 g/mol. The summed E-state index contributed by atoms with van der Waals surface area (Å²) in [5.41, 5.74) is 3.15. The molecule has 0 aliphatic rings. The molecule has 0 amide bonds. The van der Waals surface area contributed by atoms with Crippen LogP contribution in [-0.2, 0) is 11.2 Å². The summed E-state index contributed by atoms with van der Waals surface area (Å²) in [4.78, 5) is 19.4. The molecule has 0 saturated heterocycles. The van der Waals surface area contributed by atoms with Crippen LogP contribution in [-0.4, -0.2) is 27.6 Å². The summed E-state index contributed by atoms with van der Waals surface area (Å²) in [5.74, 6) is -0.205. The van der Waals surface area contributed by atoms with E-state index in [1.54, 1.807) is 29.8 Å². The number of hydrogen-bond donors (Lipinski definition) is 1. The SMILES string of the molecule is COc1ccccc1-c1nc2sc(C)c(-c3cccs3)n2c1CC(=O)O. The number of imidazole rings is 1. The largest absolute Gasteiger partial charge is 0.496 e. The monoisotopic (exact) mass is 384 g/mol. The maximum absolute atomic E-state index is 11.6. The summed E-state index contributed by atoms with van der Waals surface area (Å²) < 4.78 is 7.46. The summed E-state index contributed by atoms with van der Waals surface area (Å²) in [6.07, 6.45) is -0.108. The normalized spacial score (nSPS) is 11.2. The smallest absolute Gasteiger partial charge is 0.309 e. The van der Waals surface area contributed by atoms with E-state index in [2.05, 4.69) is 0 Å². The second-order valence-electron chi connectivity index (χ2n) is 5.78. The van der Waals surface area contributed by atoms with Gasteiger partial charge in [0.1, 0.15) is 5.75 Å². The van der Waals surface area contributed by atoms with E-state index in [1.165, 1.54) is 0 Å². The molecule has 0 unspecified atom stereocenters. The first-order valence-electron chi connectivity index (χ1n) is 8.00. The first-order chi connectivity index (χ1) is 12.6. The van der Waals surface area contributed by atoms with Crippen molar-refractivity contribution in [3.05, 3.63) is 52.3 Å². The topological polar surface area (TPSA) is 63.8 Å². The number of para-hydroxylation sites is 1. The van der Waals surface area contributed by atoms with Gasteiger partial charge in [0.05, 0.1) is 35.5 Å². The van der Waals surface area contributed by atoms with Gasteiger partial charge in [-0.15, -0.1) is 22.7 Å². The lowest BCUT2D eigenvalue weighted by molar-refractivity contribution is -0.136. The van der Waals surface area contributed by atoms with Crippen LogP contribution >= 0.6 is 22.7 Å². The maximum Gasteiger partial charge on any atom is 0.309 e. The summed E-state index contributed by atoms with van der Waals surface area (Å²) in [5, 5.41) is 11.5. The lowest BCUT2D eigenvalue weighted by Gasteiger charge is -2.09. The van der Waals surface area contributed by atoms with Crippen LogP contribution in [0.5, 0.6) is 5.75 Å². The number of hydrogen-bond acceptors (Lipinski definition) is 5. The Morgan fingerprint density at radius 2 is 2.08 bits per heavy atom. The highest BCUT2D eigenvalue weighted by Crippen LogP contribution is 2.39. The Balaban J connectivity index is 2.04. The number of benzene rings is 1. The number of nitrogens with zero attached hydrogens (tertiary/aromatic N) is 2. The van der Waals surface area contributed by atoms with Gasteiger partial charge in [-0.3, -0.25) is 9.20 Å². The van der Waals surface area contributed by atoms with Crippen molar-refractivity contribution in [2.75, 3.05) is 7.11 Å². The van der Waals surface area contributed by atoms with Gasteiger partial charge >= 0.3 is 5.97 Å². The number of aryl methyl sites for hydroxylation is 1. The van der Waals surface area contributed by atoms with Crippen molar-refractivity contribution in [3.8, 4) is 27.6 Å². The van der Waals surface area contributed by atoms with Crippen molar-refractivity contribution in [1.82, 2.24) is 9.38 Å². The second-order valence-corrected chi connectivity index (χ2v) is 7.91. The van der Waals surface area contributed by atoms with Crippen LogP contribution in [0.2, 0.25) is 0 Å². The molecule has 0 atom stereocenters. The minimum Gasteiger partial charge on any atom is -0.496 e. The lowest BCUT2D eigenvalue weighted by atomic mass is 10.1. The maximum atomic E-state index is 11.6. The molecular formula is C19H16N2O3S2. The molecule has 4 aromatic rings. The van der Waals surface area contributed by atoms with E-state index in [-0.39, 0.29) is 6.42 Å². The van der Waals surface area contributed by atoms with Crippen LogP contribution in [0.3, 0.4) is 0 Å². The van der Waals surface area contributed by atoms with Gasteiger partial charge in [-0.2, -0.15) is 0 Å². The average molecular weight is 384 g/mol. The van der Waals surface area contributed by atoms with E-state index in [0.29, 0.717) is 17.1 Å². The molecule has 0 radical (unpaired) electrons. The van der Waals surface area contributed by atoms with Gasteiger partial charge < -0.3 is 9.84 Å². The molecule has 3 aromatic heterocycles. The predicted molar refractivity (Wildman–Crippen MR) is 104 cm³/mol. The Morgan fingerprint density at radius 3 is 2.77 bits per heavy atom. The molecule has 1 N–H and O–H groups in total. The highest BCUT2D eigenvalue weighted by atomic mass is 32.1. The van der Waals surface area contributed by atoms with Crippen molar-refractivity contribution < 1.29 is 14.6 Å². The van der Waals surface area contributed by atoms with Gasteiger partial charge in [0.15, 0.2) is 4.96 Å². The Hall–Kier alpha value is -2.64. The minimum atomic E-state index is -0.885. The number of thiophene rings is 1. The second kappa shape index (κ2) is 6.59. The Morgan fingerprint density at radius 1 is 1.27 bits per heavy atom. The lowest BCUT2D eigenvalue weighted by Crippen LogP contribution is -2.05. The van der Waals surface area contributed by atoms with Gasteiger partial charge in [0, 0.05) is 10.4 Å². The highest BCUT2D eigenvalue weighted by Gasteiger charge is 2.24. The van der Waals surface area contributed by atoms with E-state index in [1.807, 2.05) is 53.1 Å². The third kappa shape index (κ3) is 2.69. The zero-order valence-electron chi connectivity index (χ0n) is 14.2. The van der Waals surface area contributed by atoms with Crippen molar-refractivity contribution in [2.45, 2.75) is 13.3 Å². The molecule has 3 heterocycles. The molecule has 132 valence electrons. The molecule has 0 bridgehead atoms. The molecule has 5 nitrogen and oxygen atoms in total. The van der Waals surface area contributed by atoms with E-state index in [4.69, 9.17) is 9.72 Å². The number of fused-ring (bicyclic) bond motifs is 1. The van der Waals surface area contributed by atoms with E-state index in [0.717, 1.165) is 26.0 Å². The number of rotatable bonds is 5. The van der Waals surface area contributed by atoms with E-state index in [9.17, 15) is 9.90 Å². The predicted octanol–water partition coefficient (Wildman–Crippen LogP) is 4.74. The first-order valence-corrected chi connectivity index (χ1v) is 9.69. The van der Waals surface area contributed by atoms with Crippen LogP contribution in [0.25, 0.3) is 26.8 Å². The van der Waals surface area contributed by atoms with E-state index < -0.39 is 5.97 Å². The van der Waals surface area contributed by atoms with Gasteiger partial charge in [-0.05, 0) is 30.5 Å². The molecule has 0 fully saturated rings. The number of carboxylic acids is 1. The molecule has 26 heavy (non-hydrogen) atoms. The van der Waals surface area contributed by atoms with E-state index >= 15 is 0 Å². The van der Waals surface area contributed by atoms with Crippen molar-refractivity contribution in [1.29, 1.82) is 0 Å². The number of aromatic nitrogens is 2. The van der Waals surface area contributed by atoms with Crippen molar-refractivity contribution >= 4 is 33.6 Å². The molecule has 0 aliphatic heterocycles. The van der Waals surface area contributed by atoms with Gasteiger partial charge in [0.25, 0.3) is 0 Å². The van der Waals surface area contributed by atoms with Crippen molar-refractivity contribution in [3.63, 3.8) is 0 Å². The zero-order valence-corrected chi connectivity index (χ0v) is 15.9. The summed E-state index contributed by atoms with van der Waals surface area (Å²) in [7, 11) is 1.61. The molecule has 0 spiro atoms. The van der Waals surface area contributed by atoms with Gasteiger partial charge in [-0.1, -0.05) is 18.2 Å². The zero-order chi connectivity index (χ0) is 18.3. The van der Waals surface area contributed by atoms with Crippen molar-refractivity contribution in [2.24, 2.45) is 0 Å². The molecule has 1 aromatic carbocycles. The number of carboxylic acid groups (broad SMARTS) is 1. The summed E-state index contributed by atoms with van der Waals surface area (Å²) in [6.45, 7) is 2.04. The Labute approximate surface area is 158 Å². The Bertz CT molecular complexity index is 1090. The molecule has 7 heteroatoms. The third-order valence-corrected chi connectivity index (χ3v) is 6.01. The van der Waals surface area contributed by atoms with Crippen LogP contribution in [0.15, 0.2) is 41.8 Å². The van der Waals surface area contributed by atoms with Crippen LogP contribution in [0, 0.1) is 6.92 Å². The van der Waals surface area contributed by atoms with Gasteiger partial charge in [-0.25, -0.2) is 4.98 Å². The minimum absolute atomic E-state index is 0.108. The highest BCUT2D eigenvalue weighted by molar-refractivity contribution is 7.18. The Kier molecular flexibility index (Phi) is 4.26. The number of ether oxygens (including phenoxy) is 1. The summed E-state index contributed by atoms with van der Waals surface area (Å²) in [6, 6.07) is 11.6. The van der Waals surface area contributed by atoms with Crippen LogP contribution < -0.4 is 4.74 Å². The fourth-order valence-corrected chi connectivity index (χ4v) is 5.02. The first kappa shape index (κ1) is 16.8. The number of methoxy groups -OCH3 is 1. The van der Waals surface area contributed by atoms with Crippen LogP contribution in [0.1, 0.15) is 10.6 Å². The molecule has 4 rings (SSSR count). The number of thiazole rings is 1. The summed E-state index contributed by atoms with van der Waals surface area (Å²) >= 11 is 3.21. The fourth-order valence-electron chi connectivity index (χ4n) is 3.13. The third-order valence-electron chi connectivity index (χ3n) is 4.18. The van der Waals surface area contributed by atoms with Crippen LogP contribution in [0.4, 0.5) is 0 Å². The number of aliphatic carboxylic acids is 1. The fraction of sp³-hybridized carbons (Fsp3) is 0.158. The van der Waals surface area contributed by atoms with Gasteiger partial charge in [0.2, 0.25) is 0 Å². The molecule has 0 saturated carbocycles. The molecule has 0 aliphatic carbocycles. The standard InChI is InChI=1S/C19H16N2O3S2/c1-11-18(15-8-5-9-25-15)21-13(10-16(22)23)17(20-19(21)26-11)12-6-3-4-7-14(12)24-2/h3-9H,10H2,1-2H3,(H,22,23). The quantitative estimate of drug-likeness (QED) is 0.540. The average Bonchev–Trinajstić information content (AvgIpc) is 3.31. The number of carbonyl (C=O) groups is 1.